The maximum absolute atomic E-state index is 13.7. The normalized spacial score (nSPS) is 12.8. The molecule has 0 aliphatic rings. The van der Waals surface area contributed by atoms with E-state index in [0.717, 1.165) is 45.2 Å². The molecule has 2 atom stereocenters. The molecule has 0 fully saturated rings. The van der Waals surface area contributed by atoms with Crippen LogP contribution < -0.4 is 0 Å². The van der Waals surface area contributed by atoms with Crippen molar-refractivity contribution < 1.29 is 13.2 Å². The van der Waals surface area contributed by atoms with Crippen molar-refractivity contribution in [2.45, 2.75) is 32.4 Å². The standard InChI is InChI=1S/C29H23F3/c1-19(30)16-24-6-3-4-9-26(24)20(2)23-13-14-27-22(7-5-8-25(27)18-23)12-10-21-11-15-28(31)29(32)17-21/h3-9,11,13-15,17-20H,16H2,1-2H3. The molecular weight excluding hydrogens is 405 g/mol. The highest BCUT2D eigenvalue weighted by Gasteiger charge is 2.15. The molecule has 0 bridgehead atoms. The Bertz CT molecular complexity index is 1330. The van der Waals surface area contributed by atoms with Gasteiger partial charge >= 0.3 is 0 Å². The molecule has 4 aromatic rings. The number of halogens is 3. The van der Waals surface area contributed by atoms with Gasteiger partial charge in [-0.05, 0) is 58.7 Å². The van der Waals surface area contributed by atoms with E-state index in [0.29, 0.717) is 12.0 Å². The molecule has 0 aliphatic heterocycles. The van der Waals surface area contributed by atoms with Crippen LogP contribution in [0.1, 0.15) is 47.6 Å². The molecule has 3 heteroatoms. The Morgan fingerprint density at radius 3 is 2.38 bits per heavy atom. The highest BCUT2D eigenvalue weighted by molar-refractivity contribution is 5.89. The summed E-state index contributed by atoms with van der Waals surface area (Å²) in [4.78, 5) is 0. The van der Waals surface area contributed by atoms with Crippen LogP contribution in [0.2, 0.25) is 0 Å². The lowest BCUT2D eigenvalue weighted by atomic mass is 9.87. The molecule has 0 aromatic heterocycles. The molecule has 0 spiro atoms. The molecule has 2 unspecified atom stereocenters. The minimum atomic E-state index is -0.907. The topological polar surface area (TPSA) is 0 Å². The van der Waals surface area contributed by atoms with Gasteiger partial charge in [0.1, 0.15) is 6.17 Å². The maximum atomic E-state index is 13.7. The van der Waals surface area contributed by atoms with Crippen LogP contribution in [0.4, 0.5) is 13.2 Å². The molecule has 0 saturated carbocycles. The summed E-state index contributed by atoms with van der Waals surface area (Å²) in [6.07, 6.45) is -0.492. The fourth-order valence-corrected chi connectivity index (χ4v) is 4.02. The Morgan fingerprint density at radius 2 is 1.59 bits per heavy atom. The summed E-state index contributed by atoms with van der Waals surface area (Å²) in [5, 5.41) is 2.03. The second kappa shape index (κ2) is 9.32. The molecule has 0 nitrogen and oxygen atoms in total. The summed E-state index contributed by atoms with van der Waals surface area (Å²) in [6, 6.07) is 23.8. The Labute approximate surface area is 186 Å². The Balaban J connectivity index is 1.68. The minimum absolute atomic E-state index is 0.117. The van der Waals surface area contributed by atoms with Gasteiger partial charge in [0.05, 0.1) is 0 Å². The number of hydrogen-bond acceptors (Lipinski definition) is 0. The molecule has 0 radical (unpaired) electrons. The number of alkyl halides is 1. The van der Waals surface area contributed by atoms with Crippen LogP contribution in [-0.2, 0) is 6.42 Å². The van der Waals surface area contributed by atoms with Gasteiger partial charge in [-0.25, -0.2) is 13.2 Å². The zero-order chi connectivity index (χ0) is 22.7. The van der Waals surface area contributed by atoms with Crippen molar-refractivity contribution >= 4 is 10.8 Å². The van der Waals surface area contributed by atoms with E-state index in [4.69, 9.17) is 0 Å². The van der Waals surface area contributed by atoms with Crippen molar-refractivity contribution in [1.29, 1.82) is 0 Å². The van der Waals surface area contributed by atoms with Crippen LogP contribution in [0.3, 0.4) is 0 Å². The second-order valence-electron chi connectivity index (χ2n) is 8.07. The molecule has 4 rings (SSSR count). The predicted octanol–water partition coefficient (Wildman–Crippen LogP) is 7.57. The number of rotatable bonds is 4. The smallest absolute Gasteiger partial charge is 0.160 e. The van der Waals surface area contributed by atoms with E-state index in [9.17, 15) is 13.2 Å². The quantitative estimate of drug-likeness (QED) is 0.294. The van der Waals surface area contributed by atoms with E-state index in [2.05, 4.69) is 37.0 Å². The van der Waals surface area contributed by atoms with Crippen molar-refractivity contribution in [3.63, 3.8) is 0 Å². The van der Waals surface area contributed by atoms with Crippen LogP contribution in [0.5, 0.6) is 0 Å². The third kappa shape index (κ3) is 4.70. The summed E-state index contributed by atoms with van der Waals surface area (Å²) in [7, 11) is 0. The van der Waals surface area contributed by atoms with Crippen molar-refractivity contribution in [1.82, 2.24) is 0 Å². The largest absolute Gasteiger partial charge is 0.247 e. The van der Waals surface area contributed by atoms with Gasteiger partial charge in [-0.1, -0.05) is 73.4 Å². The molecule has 160 valence electrons. The van der Waals surface area contributed by atoms with Gasteiger partial charge in [0.2, 0.25) is 0 Å². The van der Waals surface area contributed by atoms with E-state index in [1.807, 2.05) is 42.5 Å². The molecule has 0 aliphatic carbocycles. The molecule has 0 amide bonds. The SMILES string of the molecule is CC(F)Cc1ccccc1C(C)c1ccc2c(C#Cc3ccc(F)c(F)c3)cccc2c1. The minimum Gasteiger partial charge on any atom is -0.247 e. The Hall–Kier alpha value is -3.51. The van der Waals surface area contributed by atoms with Gasteiger partial charge in [-0.15, -0.1) is 0 Å². The van der Waals surface area contributed by atoms with Crippen LogP contribution >= 0.6 is 0 Å². The van der Waals surface area contributed by atoms with E-state index in [-0.39, 0.29) is 5.92 Å². The zero-order valence-electron chi connectivity index (χ0n) is 18.0. The zero-order valence-corrected chi connectivity index (χ0v) is 18.0. The van der Waals surface area contributed by atoms with Crippen molar-refractivity contribution in [3.8, 4) is 11.8 Å². The number of fused-ring (bicyclic) bond motifs is 1. The number of hydrogen-bond donors (Lipinski definition) is 0. The second-order valence-corrected chi connectivity index (χ2v) is 8.07. The van der Waals surface area contributed by atoms with Crippen LogP contribution in [0.15, 0.2) is 78.9 Å². The van der Waals surface area contributed by atoms with E-state index >= 15 is 0 Å². The molecule has 0 N–H and O–H groups in total. The van der Waals surface area contributed by atoms with Gasteiger partial charge in [-0.3, -0.25) is 0 Å². The Morgan fingerprint density at radius 1 is 0.781 bits per heavy atom. The first-order valence-electron chi connectivity index (χ1n) is 10.6. The maximum Gasteiger partial charge on any atom is 0.160 e. The third-order valence-electron chi connectivity index (χ3n) is 5.69. The predicted molar refractivity (Wildman–Crippen MR) is 125 cm³/mol. The fraction of sp³-hybridized carbons (Fsp3) is 0.172. The lowest BCUT2D eigenvalue weighted by Gasteiger charge is -2.18. The lowest BCUT2D eigenvalue weighted by molar-refractivity contribution is 0.359. The summed E-state index contributed by atoms with van der Waals surface area (Å²) in [6.45, 7) is 3.72. The number of benzene rings is 4. The van der Waals surface area contributed by atoms with Gasteiger partial charge in [0.25, 0.3) is 0 Å². The summed E-state index contributed by atoms with van der Waals surface area (Å²) >= 11 is 0. The van der Waals surface area contributed by atoms with Gasteiger partial charge < -0.3 is 0 Å². The first kappa shape index (κ1) is 21.7. The third-order valence-corrected chi connectivity index (χ3v) is 5.69. The average molecular weight is 428 g/mol. The fourth-order valence-electron chi connectivity index (χ4n) is 4.02. The highest BCUT2D eigenvalue weighted by atomic mass is 19.2. The first-order chi connectivity index (χ1) is 15.4. The molecule has 0 heterocycles. The molecule has 0 saturated heterocycles. The Kier molecular flexibility index (Phi) is 6.32. The van der Waals surface area contributed by atoms with Crippen LogP contribution in [0.25, 0.3) is 10.8 Å². The van der Waals surface area contributed by atoms with Crippen molar-refractivity contribution in [2.24, 2.45) is 0 Å². The highest BCUT2D eigenvalue weighted by Crippen LogP contribution is 2.31. The van der Waals surface area contributed by atoms with E-state index in [1.54, 1.807) is 6.92 Å². The lowest BCUT2D eigenvalue weighted by Crippen LogP contribution is -2.06. The summed E-state index contributed by atoms with van der Waals surface area (Å²) in [5.41, 5.74) is 4.54. The van der Waals surface area contributed by atoms with Crippen LogP contribution in [0, 0.1) is 23.5 Å². The first-order valence-corrected chi connectivity index (χ1v) is 10.6. The molecule has 4 aromatic carbocycles. The van der Waals surface area contributed by atoms with Crippen LogP contribution in [-0.4, -0.2) is 6.17 Å². The van der Waals surface area contributed by atoms with Crippen molar-refractivity contribution in [3.05, 3.63) is 118 Å². The van der Waals surface area contributed by atoms with Crippen molar-refractivity contribution in [2.75, 3.05) is 0 Å². The van der Waals surface area contributed by atoms with E-state index < -0.39 is 17.8 Å². The summed E-state index contributed by atoms with van der Waals surface area (Å²) < 4.78 is 40.3. The van der Waals surface area contributed by atoms with Gasteiger partial charge in [0.15, 0.2) is 11.6 Å². The molecular formula is C29H23F3. The van der Waals surface area contributed by atoms with Gasteiger partial charge in [-0.2, -0.15) is 0 Å². The average Bonchev–Trinajstić information content (AvgIpc) is 2.79. The molecule has 32 heavy (non-hydrogen) atoms. The van der Waals surface area contributed by atoms with Gasteiger partial charge in [0, 0.05) is 23.5 Å². The summed E-state index contributed by atoms with van der Waals surface area (Å²) in [5.74, 6) is 4.32. The monoisotopic (exact) mass is 428 g/mol. The van der Waals surface area contributed by atoms with E-state index in [1.165, 1.54) is 6.07 Å².